The number of aryl methyl sites for hydroxylation is 1. The van der Waals surface area contributed by atoms with Crippen molar-refractivity contribution < 1.29 is 14.7 Å². The van der Waals surface area contributed by atoms with Crippen LogP contribution in [-0.2, 0) is 9.59 Å². The zero-order valence-corrected chi connectivity index (χ0v) is 12.1. The summed E-state index contributed by atoms with van der Waals surface area (Å²) in [7, 11) is 0. The van der Waals surface area contributed by atoms with E-state index in [0.29, 0.717) is 24.1 Å². The lowest BCUT2D eigenvalue weighted by Gasteiger charge is -2.16. The third-order valence-electron chi connectivity index (χ3n) is 4.08. The first-order valence-corrected chi connectivity index (χ1v) is 6.96. The largest absolute Gasteiger partial charge is 0.481 e. The third-order valence-corrected chi connectivity index (χ3v) is 4.08. The van der Waals surface area contributed by atoms with Gasteiger partial charge in [-0.15, -0.1) is 0 Å². The first-order valence-electron chi connectivity index (χ1n) is 6.96. The predicted octanol–water partition coefficient (Wildman–Crippen LogP) is 2.55. The van der Waals surface area contributed by atoms with Crippen LogP contribution in [0.3, 0.4) is 0 Å². The van der Waals surface area contributed by atoms with Gasteiger partial charge in [0.15, 0.2) is 0 Å². The molecule has 0 heterocycles. The predicted molar refractivity (Wildman–Crippen MR) is 77.5 cm³/mol. The van der Waals surface area contributed by atoms with E-state index in [9.17, 15) is 14.7 Å². The van der Waals surface area contributed by atoms with Gasteiger partial charge in [-0.25, -0.2) is 0 Å². The van der Waals surface area contributed by atoms with Gasteiger partial charge in [0.05, 0.1) is 23.5 Å². The van der Waals surface area contributed by atoms with E-state index in [1.165, 1.54) is 0 Å². The summed E-state index contributed by atoms with van der Waals surface area (Å²) >= 11 is 0. The van der Waals surface area contributed by atoms with E-state index >= 15 is 0 Å². The second-order valence-corrected chi connectivity index (χ2v) is 5.76. The maximum Gasteiger partial charge on any atom is 0.307 e. The molecule has 1 saturated carbocycles. The Bertz CT molecular complexity index is 618. The fourth-order valence-electron chi connectivity index (χ4n) is 2.91. The molecule has 0 aromatic heterocycles. The average Bonchev–Trinajstić information content (AvgIpc) is 2.83. The normalized spacial score (nSPS) is 24.3. The van der Waals surface area contributed by atoms with Crippen LogP contribution in [0.25, 0.3) is 0 Å². The van der Waals surface area contributed by atoms with Crippen molar-refractivity contribution in [2.24, 2.45) is 17.8 Å². The Balaban J connectivity index is 2.18. The number of carbonyl (C=O) groups is 2. The Morgan fingerprint density at radius 2 is 2.00 bits per heavy atom. The summed E-state index contributed by atoms with van der Waals surface area (Å²) in [5.74, 6) is -2.09. The number of carboxylic acids is 1. The molecule has 1 aromatic rings. The number of carboxylic acid groups (broad SMARTS) is 1. The fraction of sp³-hybridized carbons (Fsp3) is 0.438. The molecule has 2 N–H and O–H groups in total. The van der Waals surface area contributed by atoms with Gasteiger partial charge in [0, 0.05) is 5.69 Å². The minimum atomic E-state index is -0.915. The van der Waals surface area contributed by atoms with Crippen molar-refractivity contribution in [3.8, 4) is 6.07 Å². The molecule has 0 saturated heterocycles. The molecule has 5 nitrogen and oxygen atoms in total. The summed E-state index contributed by atoms with van der Waals surface area (Å²) in [4.78, 5) is 23.6. The van der Waals surface area contributed by atoms with E-state index in [1.54, 1.807) is 18.2 Å². The number of hydrogen-bond donors (Lipinski definition) is 2. The number of rotatable bonds is 3. The topological polar surface area (TPSA) is 90.2 Å². The summed E-state index contributed by atoms with van der Waals surface area (Å²) in [6.45, 7) is 3.80. The van der Waals surface area contributed by atoms with Crippen LogP contribution in [0.4, 0.5) is 5.69 Å². The zero-order valence-electron chi connectivity index (χ0n) is 12.1. The van der Waals surface area contributed by atoms with E-state index < -0.39 is 17.8 Å². The van der Waals surface area contributed by atoms with Crippen LogP contribution in [0.1, 0.15) is 30.9 Å². The molecule has 1 aliphatic rings. The van der Waals surface area contributed by atoms with E-state index in [1.807, 2.05) is 19.9 Å². The summed E-state index contributed by atoms with van der Waals surface area (Å²) < 4.78 is 0. The zero-order chi connectivity index (χ0) is 15.6. The molecule has 1 amide bonds. The van der Waals surface area contributed by atoms with E-state index in [4.69, 9.17) is 5.26 Å². The maximum absolute atomic E-state index is 12.4. The highest BCUT2D eigenvalue weighted by Gasteiger charge is 2.41. The number of anilines is 1. The van der Waals surface area contributed by atoms with Crippen LogP contribution < -0.4 is 5.32 Å². The molecule has 1 unspecified atom stereocenters. The van der Waals surface area contributed by atoms with Crippen molar-refractivity contribution in [2.45, 2.75) is 26.7 Å². The summed E-state index contributed by atoms with van der Waals surface area (Å²) in [6, 6.07) is 7.09. The standard InChI is InChI=1S/C16H18N2O3/c1-9-5-12(13(6-9)16(20)21)15(19)18-14-7-11(8-17)4-3-10(14)2/h3-4,7,9,12-13H,5-6H2,1-2H3,(H,18,19)(H,20,21)/t9?,12-,13+/m0/s1. The van der Waals surface area contributed by atoms with Gasteiger partial charge in [0.2, 0.25) is 5.91 Å². The lowest BCUT2D eigenvalue weighted by Crippen LogP contribution is -2.30. The first-order chi connectivity index (χ1) is 9.92. The van der Waals surface area contributed by atoms with Gasteiger partial charge in [-0.3, -0.25) is 9.59 Å². The van der Waals surface area contributed by atoms with Crippen LogP contribution >= 0.6 is 0 Å². The quantitative estimate of drug-likeness (QED) is 0.893. The van der Waals surface area contributed by atoms with Crippen molar-refractivity contribution in [3.63, 3.8) is 0 Å². The minimum absolute atomic E-state index is 0.230. The highest BCUT2D eigenvalue weighted by atomic mass is 16.4. The monoisotopic (exact) mass is 286 g/mol. The lowest BCUT2D eigenvalue weighted by molar-refractivity contribution is -0.145. The fourth-order valence-corrected chi connectivity index (χ4v) is 2.91. The van der Waals surface area contributed by atoms with Gasteiger partial charge in [0.25, 0.3) is 0 Å². The van der Waals surface area contributed by atoms with Gasteiger partial charge in [-0.05, 0) is 43.4 Å². The average molecular weight is 286 g/mol. The van der Waals surface area contributed by atoms with Crippen molar-refractivity contribution in [1.82, 2.24) is 0 Å². The Hall–Kier alpha value is -2.35. The Kier molecular flexibility index (Phi) is 4.27. The molecule has 1 fully saturated rings. The molecule has 21 heavy (non-hydrogen) atoms. The van der Waals surface area contributed by atoms with E-state index in [2.05, 4.69) is 5.32 Å². The summed E-state index contributed by atoms with van der Waals surface area (Å²) in [6.07, 6.45) is 1.12. The van der Waals surface area contributed by atoms with Crippen LogP contribution in [0, 0.1) is 36.0 Å². The van der Waals surface area contributed by atoms with Crippen LogP contribution in [0.2, 0.25) is 0 Å². The highest BCUT2D eigenvalue weighted by molar-refractivity contribution is 5.96. The summed E-state index contributed by atoms with van der Waals surface area (Å²) in [5, 5.41) is 20.9. The summed E-state index contributed by atoms with van der Waals surface area (Å²) in [5.41, 5.74) is 1.88. The SMILES string of the molecule is Cc1ccc(C#N)cc1NC(=O)[C@H]1CC(C)C[C@H]1C(=O)O. The second kappa shape index (κ2) is 5.96. The Labute approximate surface area is 123 Å². The van der Waals surface area contributed by atoms with Crippen molar-refractivity contribution >= 4 is 17.6 Å². The molecular weight excluding hydrogens is 268 g/mol. The molecule has 2 rings (SSSR count). The Morgan fingerprint density at radius 1 is 1.33 bits per heavy atom. The lowest BCUT2D eigenvalue weighted by atomic mass is 9.95. The number of hydrogen-bond acceptors (Lipinski definition) is 3. The van der Waals surface area contributed by atoms with Gasteiger partial charge in [-0.1, -0.05) is 13.0 Å². The second-order valence-electron chi connectivity index (χ2n) is 5.76. The molecule has 1 aliphatic carbocycles. The van der Waals surface area contributed by atoms with E-state index in [-0.39, 0.29) is 11.8 Å². The molecule has 110 valence electrons. The van der Waals surface area contributed by atoms with Gasteiger partial charge in [0.1, 0.15) is 0 Å². The number of aliphatic carboxylic acids is 1. The molecule has 0 bridgehead atoms. The van der Waals surface area contributed by atoms with Crippen molar-refractivity contribution in [3.05, 3.63) is 29.3 Å². The highest BCUT2D eigenvalue weighted by Crippen LogP contribution is 2.37. The number of benzene rings is 1. The number of nitriles is 1. The van der Waals surface area contributed by atoms with Gasteiger partial charge in [-0.2, -0.15) is 5.26 Å². The van der Waals surface area contributed by atoms with Gasteiger partial charge >= 0.3 is 5.97 Å². The molecule has 3 atom stereocenters. The third kappa shape index (κ3) is 3.22. The maximum atomic E-state index is 12.4. The number of nitrogens with one attached hydrogen (secondary N) is 1. The van der Waals surface area contributed by atoms with Crippen LogP contribution in [0.15, 0.2) is 18.2 Å². The van der Waals surface area contributed by atoms with Crippen molar-refractivity contribution in [2.75, 3.05) is 5.32 Å². The molecule has 0 spiro atoms. The van der Waals surface area contributed by atoms with E-state index in [0.717, 1.165) is 5.56 Å². The smallest absolute Gasteiger partial charge is 0.307 e. The molecule has 5 heteroatoms. The number of nitrogens with zero attached hydrogens (tertiary/aromatic N) is 1. The molecular formula is C16H18N2O3. The molecule has 0 radical (unpaired) electrons. The number of amides is 1. The van der Waals surface area contributed by atoms with Crippen LogP contribution in [-0.4, -0.2) is 17.0 Å². The molecule has 0 aliphatic heterocycles. The van der Waals surface area contributed by atoms with Gasteiger partial charge < -0.3 is 10.4 Å². The Morgan fingerprint density at radius 3 is 2.62 bits per heavy atom. The van der Waals surface area contributed by atoms with Crippen molar-refractivity contribution in [1.29, 1.82) is 5.26 Å². The minimum Gasteiger partial charge on any atom is -0.481 e. The first kappa shape index (κ1) is 15.0. The number of carbonyl (C=O) groups excluding carboxylic acids is 1. The molecule has 1 aromatic carbocycles. The van der Waals surface area contributed by atoms with Crippen LogP contribution in [0.5, 0.6) is 0 Å².